The summed E-state index contributed by atoms with van der Waals surface area (Å²) in [4.78, 5) is 38.6. The van der Waals surface area contributed by atoms with Gasteiger partial charge in [0, 0.05) is 19.3 Å². The smallest absolute Gasteiger partial charge is 0.319 e. The Morgan fingerprint density at radius 2 is 1.89 bits per heavy atom. The molecule has 0 bridgehead atoms. The van der Waals surface area contributed by atoms with E-state index in [1.807, 2.05) is 42.5 Å². The maximum absolute atomic E-state index is 13.0. The summed E-state index contributed by atoms with van der Waals surface area (Å²) in [5.41, 5.74) is -0.566. The van der Waals surface area contributed by atoms with Crippen LogP contribution in [0.5, 0.6) is 0 Å². The quantitative estimate of drug-likeness (QED) is 0.680. The number of imide groups is 1. The first kappa shape index (κ1) is 17.7. The molecule has 0 spiro atoms. The molecule has 1 aliphatic rings. The number of hydrogen-bond acceptors (Lipinski definition) is 4. The molecule has 1 fully saturated rings. The molecule has 2 aromatic carbocycles. The highest BCUT2D eigenvalue weighted by atomic mass is 16.2. The summed E-state index contributed by atoms with van der Waals surface area (Å²) in [5, 5.41) is 11.4. The topological polar surface area (TPSA) is 96.3 Å². The Morgan fingerprint density at radius 3 is 2.61 bits per heavy atom. The molecule has 8 heteroatoms. The Labute approximate surface area is 161 Å². The number of aromatic nitrogens is 2. The van der Waals surface area contributed by atoms with E-state index in [1.165, 1.54) is 0 Å². The van der Waals surface area contributed by atoms with Crippen LogP contribution in [0.25, 0.3) is 10.8 Å². The van der Waals surface area contributed by atoms with Crippen LogP contribution in [-0.2, 0) is 22.2 Å². The van der Waals surface area contributed by atoms with Crippen LogP contribution in [-0.4, -0.2) is 39.1 Å². The van der Waals surface area contributed by atoms with Gasteiger partial charge in [0.05, 0.1) is 0 Å². The highest BCUT2D eigenvalue weighted by Gasteiger charge is 2.49. The van der Waals surface area contributed by atoms with Crippen molar-refractivity contribution < 1.29 is 14.4 Å². The molecule has 1 atom stereocenters. The minimum atomic E-state index is -1.23. The van der Waals surface area contributed by atoms with Gasteiger partial charge in [-0.15, -0.1) is 0 Å². The van der Waals surface area contributed by atoms with Gasteiger partial charge in [-0.25, -0.2) is 4.79 Å². The first-order chi connectivity index (χ1) is 13.4. The van der Waals surface area contributed by atoms with Crippen LogP contribution in [0.15, 0.2) is 54.7 Å². The zero-order chi connectivity index (χ0) is 19.9. The molecule has 2 N–H and O–H groups in total. The van der Waals surface area contributed by atoms with E-state index in [0.29, 0.717) is 11.4 Å². The second kappa shape index (κ2) is 6.49. The molecule has 8 nitrogen and oxygen atoms in total. The van der Waals surface area contributed by atoms with Crippen LogP contribution in [0.3, 0.4) is 0 Å². The lowest BCUT2D eigenvalue weighted by molar-refractivity contribution is -0.133. The van der Waals surface area contributed by atoms with Crippen LogP contribution in [0.4, 0.5) is 10.6 Å². The van der Waals surface area contributed by atoms with E-state index in [-0.39, 0.29) is 6.54 Å². The molecule has 4 amide bonds. The van der Waals surface area contributed by atoms with Crippen LogP contribution in [0.2, 0.25) is 0 Å². The Balaban J connectivity index is 1.55. The standard InChI is InChI=1S/C20H19N5O3/c1-20(15-8-7-13-5-3-4-6-14(13)11-15)18(27)25(19(28)22-20)12-17(26)21-16-9-10-24(2)23-16/h3-11H,12H2,1-2H3,(H,22,28)(H,21,23,26). The number of urea groups is 1. The van der Waals surface area contributed by atoms with Gasteiger partial charge in [-0.3, -0.25) is 19.2 Å². The molecule has 0 saturated carbocycles. The van der Waals surface area contributed by atoms with Crippen molar-refractivity contribution in [1.29, 1.82) is 0 Å². The largest absolute Gasteiger partial charge is 0.325 e. The number of aryl methyl sites for hydroxylation is 1. The predicted octanol–water partition coefficient (Wildman–Crippen LogP) is 1.98. The number of anilines is 1. The summed E-state index contributed by atoms with van der Waals surface area (Å²) in [6.45, 7) is 1.26. The maximum atomic E-state index is 13.0. The van der Waals surface area contributed by atoms with Crippen molar-refractivity contribution in [1.82, 2.24) is 20.0 Å². The number of fused-ring (bicyclic) bond motifs is 1. The summed E-state index contributed by atoms with van der Waals surface area (Å²) >= 11 is 0. The fraction of sp³-hybridized carbons (Fsp3) is 0.200. The third-order valence-electron chi connectivity index (χ3n) is 4.88. The molecule has 28 heavy (non-hydrogen) atoms. The van der Waals surface area contributed by atoms with Gasteiger partial charge in [-0.2, -0.15) is 5.10 Å². The van der Waals surface area contributed by atoms with E-state index in [2.05, 4.69) is 15.7 Å². The third-order valence-corrected chi connectivity index (χ3v) is 4.88. The molecule has 142 valence electrons. The van der Waals surface area contributed by atoms with Gasteiger partial charge in [0.2, 0.25) is 5.91 Å². The molecule has 1 unspecified atom stereocenters. The van der Waals surface area contributed by atoms with Crippen molar-refractivity contribution in [2.75, 3.05) is 11.9 Å². The second-order valence-electron chi connectivity index (χ2n) is 6.93. The van der Waals surface area contributed by atoms with Gasteiger partial charge in [-0.1, -0.05) is 36.4 Å². The van der Waals surface area contributed by atoms with Crippen molar-refractivity contribution in [3.05, 3.63) is 60.3 Å². The van der Waals surface area contributed by atoms with Gasteiger partial charge in [0.25, 0.3) is 5.91 Å². The van der Waals surface area contributed by atoms with Gasteiger partial charge >= 0.3 is 6.03 Å². The van der Waals surface area contributed by atoms with E-state index >= 15 is 0 Å². The second-order valence-corrected chi connectivity index (χ2v) is 6.93. The average molecular weight is 377 g/mol. The number of hydrogen-bond donors (Lipinski definition) is 2. The van der Waals surface area contributed by atoms with Crippen LogP contribution < -0.4 is 10.6 Å². The molecule has 2 heterocycles. The summed E-state index contributed by atoms with van der Waals surface area (Å²) in [6, 6.07) is 14.4. The van der Waals surface area contributed by atoms with Gasteiger partial charge in [-0.05, 0) is 29.3 Å². The van der Waals surface area contributed by atoms with Crippen molar-refractivity contribution in [2.24, 2.45) is 7.05 Å². The van der Waals surface area contributed by atoms with Gasteiger partial charge in [0.1, 0.15) is 12.1 Å². The molecular weight excluding hydrogens is 358 g/mol. The highest BCUT2D eigenvalue weighted by molar-refractivity contribution is 6.10. The number of carbonyl (C=O) groups excluding carboxylic acids is 3. The number of nitrogens with zero attached hydrogens (tertiary/aromatic N) is 3. The Bertz CT molecular complexity index is 1110. The zero-order valence-corrected chi connectivity index (χ0v) is 15.5. The number of benzene rings is 2. The summed E-state index contributed by atoms with van der Waals surface area (Å²) in [5.74, 6) is -0.606. The number of nitrogens with one attached hydrogen (secondary N) is 2. The monoisotopic (exact) mass is 377 g/mol. The lowest BCUT2D eigenvalue weighted by Gasteiger charge is -2.22. The van der Waals surface area contributed by atoms with E-state index < -0.39 is 23.4 Å². The van der Waals surface area contributed by atoms with Gasteiger partial charge in [0.15, 0.2) is 5.82 Å². The SMILES string of the molecule is Cn1ccc(NC(=O)CN2C(=O)NC(C)(c3ccc4ccccc4c3)C2=O)n1. The molecular formula is C20H19N5O3. The first-order valence-electron chi connectivity index (χ1n) is 8.80. The summed E-state index contributed by atoms with van der Waals surface area (Å²) < 4.78 is 1.54. The Morgan fingerprint density at radius 1 is 1.14 bits per heavy atom. The Hall–Kier alpha value is -3.68. The molecule has 4 rings (SSSR count). The lowest BCUT2D eigenvalue weighted by atomic mass is 9.90. The van der Waals surface area contributed by atoms with Gasteiger partial charge < -0.3 is 10.6 Å². The van der Waals surface area contributed by atoms with Crippen LogP contribution in [0.1, 0.15) is 12.5 Å². The van der Waals surface area contributed by atoms with Crippen LogP contribution >= 0.6 is 0 Å². The fourth-order valence-corrected chi connectivity index (χ4v) is 3.34. The van der Waals surface area contributed by atoms with E-state index in [9.17, 15) is 14.4 Å². The normalized spacial score (nSPS) is 19.1. The zero-order valence-electron chi connectivity index (χ0n) is 15.5. The van der Waals surface area contributed by atoms with E-state index in [0.717, 1.165) is 15.7 Å². The van der Waals surface area contributed by atoms with E-state index in [1.54, 1.807) is 30.9 Å². The molecule has 0 aliphatic carbocycles. The highest BCUT2D eigenvalue weighted by Crippen LogP contribution is 2.30. The number of carbonyl (C=O) groups is 3. The average Bonchev–Trinajstić information content (AvgIpc) is 3.17. The minimum Gasteiger partial charge on any atom is -0.319 e. The third kappa shape index (κ3) is 2.98. The summed E-state index contributed by atoms with van der Waals surface area (Å²) in [6.07, 6.45) is 1.68. The van der Waals surface area contributed by atoms with Crippen molar-refractivity contribution >= 4 is 34.4 Å². The number of rotatable bonds is 4. The van der Waals surface area contributed by atoms with Crippen molar-refractivity contribution in [3.63, 3.8) is 0 Å². The van der Waals surface area contributed by atoms with E-state index in [4.69, 9.17) is 0 Å². The molecule has 1 aromatic heterocycles. The first-order valence-corrected chi connectivity index (χ1v) is 8.80. The molecule has 1 saturated heterocycles. The van der Waals surface area contributed by atoms with Crippen LogP contribution in [0, 0.1) is 0 Å². The summed E-state index contributed by atoms with van der Waals surface area (Å²) in [7, 11) is 1.72. The molecule has 0 radical (unpaired) electrons. The maximum Gasteiger partial charge on any atom is 0.325 e. The van der Waals surface area contributed by atoms with Crippen molar-refractivity contribution in [2.45, 2.75) is 12.5 Å². The fourth-order valence-electron chi connectivity index (χ4n) is 3.34. The minimum absolute atomic E-state index is 0.358. The Kier molecular flexibility index (Phi) is 4.11. The van der Waals surface area contributed by atoms with Crippen molar-refractivity contribution in [3.8, 4) is 0 Å². The molecule has 3 aromatic rings. The lowest BCUT2D eigenvalue weighted by Crippen LogP contribution is -2.42. The number of amides is 4. The molecule has 1 aliphatic heterocycles. The predicted molar refractivity (Wildman–Crippen MR) is 103 cm³/mol.